The lowest BCUT2D eigenvalue weighted by Crippen LogP contribution is -2.54. The molecule has 144 valence electrons. The number of amides is 1. The molecule has 2 saturated heterocycles. The summed E-state index contributed by atoms with van der Waals surface area (Å²) in [7, 11) is 1.76. The van der Waals surface area contributed by atoms with Crippen LogP contribution in [0.25, 0.3) is 0 Å². The van der Waals surface area contributed by atoms with Crippen molar-refractivity contribution >= 4 is 5.91 Å². The van der Waals surface area contributed by atoms with E-state index < -0.39 is 0 Å². The Morgan fingerprint density at radius 2 is 1.84 bits per heavy atom. The van der Waals surface area contributed by atoms with Crippen molar-refractivity contribution in [1.82, 2.24) is 15.5 Å². The number of rotatable bonds is 7. The van der Waals surface area contributed by atoms with Gasteiger partial charge in [-0.05, 0) is 38.8 Å². The fraction of sp³-hybridized carbons (Fsp3) is 0.947. The zero-order valence-corrected chi connectivity index (χ0v) is 15.8. The standard InChI is InChI=1S/C19H35N3O3/c1-24-16-18(6-8-20-9-7-18)15-21-17(23)14-19(4-2-3-5-19)22-10-12-25-13-11-22/h20H,2-16H2,1H3,(H,21,23). The predicted molar refractivity (Wildman–Crippen MR) is 97.6 cm³/mol. The van der Waals surface area contributed by atoms with Crippen LogP contribution in [-0.2, 0) is 14.3 Å². The van der Waals surface area contributed by atoms with Crippen molar-refractivity contribution < 1.29 is 14.3 Å². The summed E-state index contributed by atoms with van der Waals surface area (Å²) in [6.45, 7) is 7.01. The highest BCUT2D eigenvalue weighted by Gasteiger charge is 2.42. The monoisotopic (exact) mass is 353 g/mol. The predicted octanol–water partition coefficient (Wildman–Crippen LogP) is 1.15. The molecule has 2 heterocycles. The number of methoxy groups -OCH3 is 1. The molecule has 0 aromatic heterocycles. The Morgan fingerprint density at radius 3 is 2.48 bits per heavy atom. The fourth-order valence-corrected chi connectivity index (χ4v) is 4.96. The Hall–Kier alpha value is -0.690. The van der Waals surface area contributed by atoms with Gasteiger partial charge in [-0.1, -0.05) is 12.8 Å². The van der Waals surface area contributed by atoms with Crippen LogP contribution in [0.1, 0.15) is 44.9 Å². The van der Waals surface area contributed by atoms with Crippen LogP contribution in [0.2, 0.25) is 0 Å². The first-order valence-electron chi connectivity index (χ1n) is 9.97. The van der Waals surface area contributed by atoms with Gasteiger partial charge in [-0.2, -0.15) is 0 Å². The van der Waals surface area contributed by atoms with Gasteiger partial charge < -0.3 is 20.1 Å². The highest BCUT2D eigenvalue weighted by molar-refractivity contribution is 5.77. The average molecular weight is 354 g/mol. The molecule has 0 aromatic rings. The molecule has 0 bridgehead atoms. The summed E-state index contributed by atoms with van der Waals surface area (Å²) in [6.07, 6.45) is 7.54. The van der Waals surface area contributed by atoms with E-state index in [1.165, 1.54) is 12.8 Å². The first kappa shape index (κ1) is 19.1. The van der Waals surface area contributed by atoms with Crippen molar-refractivity contribution in [3.05, 3.63) is 0 Å². The molecule has 2 aliphatic heterocycles. The summed E-state index contributed by atoms with van der Waals surface area (Å²) in [6, 6.07) is 0. The van der Waals surface area contributed by atoms with Crippen LogP contribution in [0.3, 0.4) is 0 Å². The largest absolute Gasteiger partial charge is 0.384 e. The summed E-state index contributed by atoms with van der Waals surface area (Å²) in [4.78, 5) is 15.3. The zero-order valence-electron chi connectivity index (χ0n) is 15.8. The lowest BCUT2D eigenvalue weighted by molar-refractivity contribution is -0.126. The zero-order chi connectivity index (χ0) is 17.6. The topological polar surface area (TPSA) is 62.8 Å². The molecular formula is C19H35N3O3. The molecule has 0 atom stereocenters. The number of carbonyl (C=O) groups excluding carboxylic acids is 1. The molecule has 0 radical (unpaired) electrons. The Bertz CT molecular complexity index is 420. The van der Waals surface area contributed by atoms with Gasteiger partial charge in [-0.15, -0.1) is 0 Å². The number of nitrogens with zero attached hydrogens (tertiary/aromatic N) is 1. The van der Waals surface area contributed by atoms with E-state index >= 15 is 0 Å². The quantitative estimate of drug-likeness (QED) is 0.719. The van der Waals surface area contributed by atoms with Crippen LogP contribution >= 0.6 is 0 Å². The van der Waals surface area contributed by atoms with Gasteiger partial charge in [0.15, 0.2) is 0 Å². The Balaban J connectivity index is 1.56. The highest BCUT2D eigenvalue weighted by atomic mass is 16.5. The first-order chi connectivity index (χ1) is 12.2. The van der Waals surface area contributed by atoms with Crippen molar-refractivity contribution in [3.63, 3.8) is 0 Å². The van der Waals surface area contributed by atoms with Crippen molar-refractivity contribution in [2.45, 2.75) is 50.5 Å². The summed E-state index contributed by atoms with van der Waals surface area (Å²) < 4.78 is 11.0. The van der Waals surface area contributed by atoms with Gasteiger partial charge in [-0.25, -0.2) is 0 Å². The number of hydrogen-bond donors (Lipinski definition) is 2. The van der Waals surface area contributed by atoms with Gasteiger partial charge in [0.1, 0.15) is 0 Å². The lowest BCUT2D eigenvalue weighted by Gasteiger charge is -2.43. The second-order valence-corrected chi connectivity index (χ2v) is 8.17. The van der Waals surface area contributed by atoms with Gasteiger partial charge >= 0.3 is 0 Å². The SMILES string of the molecule is COCC1(CNC(=O)CC2(N3CCOCC3)CCCC2)CCNCC1. The van der Waals surface area contributed by atoms with E-state index in [1.807, 2.05) is 0 Å². The third-order valence-corrected chi connectivity index (χ3v) is 6.48. The lowest BCUT2D eigenvalue weighted by atomic mass is 9.79. The Labute approximate surface area is 152 Å². The maximum Gasteiger partial charge on any atom is 0.221 e. The van der Waals surface area contributed by atoms with Crippen molar-refractivity contribution in [2.75, 3.05) is 59.7 Å². The number of hydrogen-bond acceptors (Lipinski definition) is 5. The molecule has 2 N–H and O–H groups in total. The minimum atomic E-state index is 0.0659. The number of nitrogens with one attached hydrogen (secondary N) is 2. The molecule has 1 amide bonds. The van der Waals surface area contributed by atoms with Crippen molar-refractivity contribution in [1.29, 1.82) is 0 Å². The van der Waals surface area contributed by atoms with Gasteiger partial charge in [0, 0.05) is 44.1 Å². The molecule has 1 saturated carbocycles. The van der Waals surface area contributed by atoms with Gasteiger partial charge in [0.25, 0.3) is 0 Å². The maximum absolute atomic E-state index is 12.8. The summed E-state index contributed by atoms with van der Waals surface area (Å²) in [5.74, 6) is 0.211. The normalized spacial score (nSPS) is 26.4. The number of piperidine rings is 1. The molecule has 3 aliphatic rings. The van der Waals surface area contributed by atoms with Crippen LogP contribution in [0.5, 0.6) is 0 Å². The van der Waals surface area contributed by atoms with Gasteiger partial charge in [0.2, 0.25) is 5.91 Å². The third kappa shape index (κ3) is 4.73. The van der Waals surface area contributed by atoms with Crippen molar-refractivity contribution in [3.8, 4) is 0 Å². The van der Waals surface area contributed by atoms with Crippen LogP contribution in [0.15, 0.2) is 0 Å². The Morgan fingerprint density at radius 1 is 1.16 bits per heavy atom. The Kier molecular flexibility index (Phi) is 6.72. The average Bonchev–Trinajstić information content (AvgIpc) is 3.12. The molecule has 0 aromatic carbocycles. The smallest absolute Gasteiger partial charge is 0.221 e. The molecular weight excluding hydrogens is 318 g/mol. The van der Waals surface area contributed by atoms with E-state index in [2.05, 4.69) is 15.5 Å². The molecule has 6 nitrogen and oxygen atoms in total. The minimum Gasteiger partial charge on any atom is -0.384 e. The van der Waals surface area contributed by atoms with E-state index in [0.29, 0.717) is 6.42 Å². The second-order valence-electron chi connectivity index (χ2n) is 8.17. The van der Waals surface area contributed by atoms with Crippen LogP contribution in [0.4, 0.5) is 0 Å². The number of morpholine rings is 1. The first-order valence-corrected chi connectivity index (χ1v) is 9.97. The second kappa shape index (κ2) is 8.80. The summed E-state index contributed by atoms with van der Waals surface area (Å²) >= 11 is 0. The van der Waals surface area contributed by atoms with Crippen LogP contribution < -0.4 is 10.6 Å². The third-order valence-electron chi connectivity index (χ3n) is 6.48. The fourth-order valence-electron chi connectivity index (χ4n) is 4.96. The van der Waals surface area contributed by atoms with Crippen molar-refractivity contribution in [2.24, 2.45) is 5.41 Å². The molecule has 6 heteroatoms. The number of ether oxygens (including phenoxy) is 2. The van der Waals surface area contributed by atoms with Gasteiger partial charge in [-0.3, -0.25) is 9.69 Å². The molecule has 0 spiro atoms. The van der Waals surface area contributed by atoms with Crippen LogP contribution in [0, 0.1) is 5.41 Å². The summed E-state index contributed by atoms with van der Waals surface area (Å²) in [5.41, 5.74) is 0.161. The van der Waals surface area contributed by atoms with E-state index in [-0.39, 0.29) is 16.9 Å². The van der Waals surface area contributed by atoms with Crippen LogP contribution in [-0.4, -0.2) is 76.0 Å². The van der Waals surface area contributed by atoms with E-state index in [1.54, 1.807) is 7.11 Å². The summed E-state index contributed by atoms with van der Waals surface area (Å²) in [5, 5.41) is 6.67. The minimum absolute atomic E-state index is 0.0659. The van der Waals surface area contributed by atoms with E-state index in [4.69, 9.17) is 9.47 Å². The van der Waals surface area contributed by atoms with Gasteiger partial charge in [0.05, 0.1) is 19.8 Å². The molecule has 1 aliphatic carbocycles. The molecule has 3 rings (SSSR count). The molecule has 0 unspecified atom stereocenters. The molecule has 25 heavy (non-hydrogen) atoms. The molecule has 3 fully saturated rings. The highest BCUT2D eigenvalue weighted by Crippen LogP contribution is 2.38. The number of carbonyl (C=O) groups is 1. The maximum atomic E-state index is 12.8. The van der Waals surface area contributed by atoms with E-state index in [0.717, 1.165) is 78.2 Å². The van der Waals surface area contributed by atoms with E-state index in [9.17, 15) is 4.79 Å².